The summed E-state index contributed by atoms with van der Waals surface area (Å²) < 4.78 is 26.7. The van der Waals surface area contributed by atoms with Gasteiger partial charge in [0.05, 0.1) is 23.5 Å². The van der Waals surface area contributed by atoms with Crippen LogP contribution in [0.3, 0.4) is 0 Å². The molecular weight excluding hydrogens is 432 g/mol. The van der Waals surface area contributed by atoms with E-state index in [9.17, 15) is 4.21 Å². The number of ether oxygens (including phenoxy) is 1. The lowest BCUT2D eigenvalue weighted by Gasteiger charge is -2.36. The van der Waals surface area contributed by atoms with Gasteiger partial charge in [0.2, 0.25) is 0 Å². The van der Waals surface area contributed by atoms with Crippen LogP contribution in [0.5, 0.6) is 0 Å². The Hall–Kier alpha value is -0.753. The van der Waals surface area contributed by atoms with Gasteiger partial charge in [0.1, 0.15) is 5.60 Å². The Bertz CT molecular complexity index is 718. The van der Waals surface area contributed by atoms with Gasteiger partial charge in [-0.05, 0) is 56.6 Å². The second kappa shape index (κ2) is 13.2. The number of benzene rings is 1. The van der Waals surface area contributed by atoms with Crippen LogP contribution >= 0.6 is 0 Å². The van der Waals surface area contributed by atoms with E-state index < -0.39 is 19.1 Å². The molecule has 1 aromatic rings. The molecule has 1 aliphatic rings. The highest BCUT2D eigenvalue weighted by atomic mass is 32.2. The van der Waals surface area contributed by atoms with Gasteiger partial charge in [-0.2, -0.15) is 0 Å². The summed E-state index contributed by atoms with van der Waals surface area (Å²) in [5.74, 6) is 0. The van der Waals surface area contributed by atoms with Crippen molar-refractivity contribution in [3.05, 3.63) is 40.8 Å². The highest BCUT2D eigenvalue weighted by Gasteiger charge is 2.41. The van der Waals surface area contributed by atoms with Gasteiger partial charge in [0.25, 0.3) is 0 Å². The lowest BCUT2D eigenvalue weighted by Crippen LogP contribution is -2.43. The predicted octanol–water partition coefficient (Wildman–Crippen LogP) is 7.92. The van der Waals surface area contributed by atoms with E-state index in [4.69, 9.17) is 9.16 Å². The number of unbranched alkanes of at least 4 members (excludes halogenated alkanes) is 3. The molecule has 32 heavy (non-hydrogen) atoms. The first-order valence-electron chi connectivity index (χ1n) is 12.8. The highest BCUT2D eigenvalue weighted by Crippen LogP contribution is 2.37. The van der Waals surface area contributed by atoms with Crippen molar-refractivity contribution in [2.45, 2.75) is 121 Å². The molecule has 1 aliphatic heterocycles. The first-order valence-corrected chi connectivity index (χ1v) is 16.5. The van der Waals surface area contributed by atoms with E-state index in [0.717, 1.165) is 16.2 Å². The van der Waals surface area contributed by atoms with E-state index >= 15 is 0 Å². The zero-order valence-corrected chi connectivity index (χ0v) is 23.2. The number of hydrogen-bond donors (Lipinski definition) is 0. The summed E-state index contributed by atoms with van der Waals surface area (Å²) in [5, 5.41) is 0. The quantitative estimate of drug-likeness (QED) is 0.179. The molecule has 0 amide bonds. The van der Waals surface area contributed by atoms with E-state index in [2.05, 4.69) is 47.6 Å². The lowest BCUT2D eigenvalue weighted by atomic mass is 10.1. The first-order chi connectivity index (χ1) is 15.3. The van der Waals surface area contributed by atoms with E-state index in [0.29, 0.717) is 6.61 Å². The Morgan fingerprint density at radius 2 is 1.56 bits per heavy atom. The van der Waals surface area contributed by atoms with Gasteiger partial charge < -0.3 is 9.16 Å². The largest absolute Gasteiger partial charge is 0.409 e. The summed E-state index contributed by atoms with van der Waals surface area (Å²) in [6, 6.07) is 11.8. The molecule has 0 saturated carbocycles. The molecule has 1 unspecified atom stereocenters. The van der Waals surface area contributed by atoms with Crippen molar-refractivity contribution in [3.63, 3.8) is 0 Å². The lowest BCUT2D eigenvalue weighted by molar-refractivity contribution is 0.219. The normalized spacial score (nSPS) is 20.9. The van der Waals surface area contributed by atoms with Crippen molar-refractivity contribution < 1.29 is 13.4 Å². The smallest absolute Gasteiger partial charge is 0.193 e. The molecule has 2 rings (SSSR count). The van der Waals surface area contributed by atoms with E-state index in [-0.39, 0.29) is 11.7 Å². The second-order valence-electron chi connectivity index (χ2n) is 9.74. The number of rotatable bonds is 16. The van der Waals surface area contributed by atoms with Gasteiger partial charge in [-0.15, -0.1) is 0 Å². The number of hydrogen-bond acceptors (Lipinski definition) is 3. The molecule has 1 saturated heterocycles. The van der Waals surface area contributed by atoms with Gasteiger partial charge in [-0.3, -0.25) is 0 Å². The van der Waals surface area contributed by atoms with E-state index in [1.54, 1.807) is 0 Å². The van der Waals surface area contributed by atoms with Crippen LogP contribution in [-0.4, -0.2) is 30.8 Å². The van der Waals surface area contributed by atoms with E-state index in [1.807, 2.05) is 24.3 Å². The van der Waals surface area contributed by atoms with Crippen LogP contribution in [-0.2, 0) is 20.0 Å². The maximum Gasteiger partial charge on any atom is 0.193 e. The van der Waals surface area contributed by atoms with Crippen molar-refractivity contribution in [3.8, 4) is 0 Å². The topological polar surface area (TPSA) is 38.8 Å². The zero-order chi connectivity index (χ0) is 23.6. The average Bonchev–Trinajstić information content (AvgIpc) is 3.53. The predicted molar refractivity (Wildman–Crippen MR) is 140 cm³/mol. The summed E-state index contributed by atoms with van der Waals surface area (Å²) in [4.78, 5) is 1.77. The third-order valence-electron chi connectivity index (χ3n) is 6.53. The summed E-state index contributed by atoms with van der Waals surface area (Å²) in [7, 11) is -3.17. The average molecular weight is 479 g/mol. The van der Waals surface area contributed by atoms with Gasteiger partial charge in [0, 0.05) is 9.80 Å². The van der Waals surface area contributed by atoms with Crippen molar-refractivity contribution in [1.82, 2.24) is 0 Å². The SMILES string of the molecule is CCCC[Si](CCCC)(CCCC)O[C@@H](CC)/C(=C\C1(C)CO1)[S@@](=O)c1ccc(C)cc1. The van der Waals surface area contributed by atoms with Crippen LogP contribution in [0.4, 0.5) is 0 Å². The molecule has 0 N–H and O–H groups in total. The maximum absolute atomic E-state index is 13.8. The minimum absolute atomic E-state index is 0.101. The monoisotopic (exact) mass is 478 g/mol. The molecule has 0 aliphatic carbocycles. The molecule has 0 spiro atoms. The molecular formula is C27H46O3SSi. The van der Waals surface area contributed by atoms with Crippen molar-refractivity contribution in [1.29, 1.82) is 0 Å². The minimum atomic E-state index is -1.93. The minimum Gasteiger partial charge on any atom is -0.409 e. The van der Waals surface area contributed by atoms with Crippen molar-refractivity contribution >= 4 is 19.1 Å². The summed E-state index contributed by atoms with van der Waals surface area (Å²) in [6.07, 6.45) is 10.2. The molecule has 1 fully saturated rings. The number of epoxide rings is 1. The molecule has 1 heterocycles. The fraction of sp³-hybridized carbons (Fsp3) is 0.704. The molecule has 5 heteroatoms. The Labute approximate surface area is 201 Å². The standard InChI is InChI=1S/C27H46O3SSi/c1-7-11-18-32(19-12-8-2,20-13-9-3)30-25(10-4)26(21-27(6)22-29-27)31(28)24-16-14-23(5)15-17-24/h14-17,21,25H,7-13,18-20,22H2,1-6H3/b26-21+/t25-,27?,31-/m0/s1. The summed E-state index contributed by atoms with van der Waals surface area (Å²) in [6.45, 7) is 13.9. The summed E-state index contributed by atoms with van der Waals surface area (Å²) >= 11 is 0. The van der Waals surface area contributed by atoms with Crippen molar-refractivity contribution in [2.24, 2.45) is 0 Å². The van der Waals surface area contributed by atoms with Crippen LogP contribution in [0.25, 0.3) is 0 Å². The number of aryl methyl sites for hydroxylation is 1. The Morgan fingerprint density at radius 3 is 1.97 bits per heavy atom. The van der Waals surface area contributed by atoms with Gasteiger partial charge in [-0.1, -0.05) is 83.9 Å². The zero-order valence-electron chi connectivity index (χ0n) is 21.4. The molecule has 0 radical (unpaired) electrons. The van der Waals surface area contributed by atoms with Crippen LogP contribution in [0, 0.1) is 6.92 Å². The van der Waals surface area contributed by atoms with Crippen molar-refractivity contribution in [2.75, 3.05) is 6.61 Å². The van der Waals surface area contributed by atoms with E-state index in [1.165, 1.54) is 62.2 Å². The van der Waals surface area contributed by atoms with Gasteiger partial charge in [-0.25, -0.2) is 4.21 Å². The molecule has 3 atom stereocenters. The Morgan fingerprint density at radius 1 is 1.06 bits per heavy atom. The third kappa shape index (κ3) is 8.23. The second-order valence-corrected chi connectivity index (χ2v) is 15.3. The molecule has 0 bridgehead atoms. The first kappa shape index (κ1) is 27.5. The van der Waals surface area contributed by atoms with Crippen LogP contribution < -0.4 is 0 Å². The fourth-order valence-electron chi connectivity index (χ4n) is 4.25. The fourth-order valence-corrected chi connectivity index (χ4v) is 10.8. The maximum atomic E-state index is 13.8. The molecule has 182 valence electrons. The van der Waals surface area contributed by atoms with Gasteiger partial charge in [0.15, 0.2) is 8.32 Å². The third-order valence-corrected chi connectivity index (χ3v) is 12.6. The molecule has 1 aromatic carbocycles. The Kier molecular flexibility index (Phi) is 11.4. The Balaban J connectivity index is 2.40. The summed E-state index contributed by atoms with van der Waals surface area (Å²) in [5.41, 5.74) is 0.884. The van der Waals surface area contributed by atoms with Gasteiger partial charge >= 0.3 is 0 Å². The highest BCUT2D eigenvalue weighted by molar-refractivity contribution is 7.89. The molecule has 0 aromatic heterocycles. The van der Waals surface area contributed by atoms with Crippen LogP contribution in [0.15, 0.2) is 40.1 Å². The molecule has 3 nitrogen and oxygen atoms in total. The van der Waals surface area contributed by atoms with Crippen LogP contribution in [0.1, 0.15) is 85.1 Å². The van der Waals surface area contributed by atoms with Crippen LogP contribution in [0.2, 0.25) is 18.1 Å².